The number of rotatable bonds is 7. The van der Waals surface area contributed by atoms with Gasteiger partial charge in [-0.3, -0.25) is 9.59 Å². The van der Waals surface area contributed by atoms with Crippen molar-refractivity contribution in [1.29, 1.82) is 0 Å². The molecule has 2 rings (SSSR count). The van der Waals surface area contributed by atoms with Crippen LogP contribution < -0.4 is 10.1 Å². The van der Waals surface area contributed by atoms with Crippen molar-refractivity contribution in [3.8, 4) is 17.1 Å². The van der Waals surface area contributed by atoms with E-state index >= 15 is 0 Å². The van der Waals surface area contributed by atoms with Crippen molar-refractivity contribution in [3.63, 3.8) is 0 Å². The Hall–Kier alpha value is -2.90. The second-order valence-electron chi connectivity index (χ2n) is 4.87. The van der Waals surface area contributed by atoms with Crippen molar-refractivity contribution in [2.45, 2.75) is 25.8 Å². The minimum absolute atomic E-state index is 0.0713. The monoisotopic (exact) mass is 319 g/mol. The summed E-state index contributed by atoms with van der Waals surface area (Å²) in [6, 6.07) is 6.24. The van der Waals surface area contributed by atoms with E-state index in [1.807, 2.05) is 0 Å². The number of carboxylic acids is 1. The molecule has 0 radical (unpaired) electrons. The lowest BCUT2D eigenvalue weighted by Crippen LogP contribution is -2.38. The van der Waals surface area contributed by atoms with E-state index in [0.29, 0.717) is 11.7 Å². The molecule has 0 aliphatic heterocycles. The molecule has 0 saturated carbocycles. The predicted octanol–water partition coefficient (Wildman–Crippen LogP) is 1.27. The number of hydrogen-bond donors (Lipinski definition) is 2. The molecule has 1 aromatic heterocycles. The van der Waals surface area contributed by atoms with Crippen LogP contribution in [0, 0.1) is 0 Å². The maximum atomic E-state index is 11.6. The van der Waals surface area contributed by atoms with Crippen LogP contribution in [0.4, 0.5) is 0 Å². The zero-order valence-corrected chi connectivity index (χ0v) is 12.8. The van der Waals surface area contributed by atoms with E-state index in [4.69, 9.17) is 14.4 Å². The van der Waals surface area contributed by atoms with E-state index in [9.17, 15) is 9.59 Å². The molecule has 0 spiro atoms. The van der Waals surface area contributed by atoms with E-state index in [2.05, 4.69) is 15.5 Å². The lowest BCUT2D eigenvalue weighted by Gasteiger charge is -2.07. The minimum Gasteiger partial charge on any atom is -0.497 e. The summed E-state index contributed by atoms with van der Waals surface area (Å²) in [5.41, 5.74) is 0.768. The number of carbonyl (C=O) groups is 2. The summed E-state index contributed by atoms with van der Waals surface area (Å²) in [6.45, 7) is 1.40. The topological polar surface area (TPSA) is 115 Å². The number of methoxy groups -OCH3 is 1. The van der Waals surface area contributed by atoms with Crippen molar-refractivity contribution in [2.24, 2.45) is 0 Å². The van der Waals surface area contributed by atoms with E-state index in [-0.39, 0.29) is 18.7 Å². The van der Waals surface area contributed by atoms with Gasteiger partial charge in [0, 0.05) is 18.4 Å². The summed E-state index contributed by atoms with van der Waals surface area (Å²) >= 11 is 0. The molecule has 0 saturated heterocycles. The molecule has 0 aliphatic rings. The average Bonchev–Trinajstić information content (AvgIpc) is 3.02. The number of ether oxygens (including phenoxy) is 1. The largest absolute Gasteiger partial charge is 0.497 e. The van der Waals surface area contributed by atoms with Crippen LogP contribution >= 0.6 is 0 Å². The third kappa shape index (κ3) is 4.53. The van der Waals surface area contributed by atoms with Crippen LogP contribution in [0.3, 0.4) is 0 Å². The zero-order valence-electron chi connectivity index (χ0n) is 12.8. The Morgan fingerprint density at radius 3 is 2.65 bits per heavy atom. The van der Waals surface area contributed by atoms with Gasteiger partial charge in [0.15, 0.2) is 0 Å². The molecule has 0 fully saturated rings. The number of aromatic nitrogens is 2. The van der Waals surface area contributed by atoms with Gasteiger partial charge in [0.25, 0.3) is 0 Å². The molecule has 1 aromatic carbocycles. The van der Waals surface area contributed by atoms with Crippen LogP contribution in [0.5, 0.6) is 5.75 Å². The molecule has 2 aromatic rings. The Morgan fingerprint density at radius 2 is 2.04 bits per heavy atom. The first-order valence-corrected chi connectivity index (χ1v) is 6.98. The second-order valence-corrected chi connectivity index (χ2v) is 4.87. The highest BCUT2D eigenvalue weighted by molar-refractivity contribution is 5.83. The Labute approximate surface area is 132 Å². The van der Waals surface area contributed by atoms with E-state index in [0.717, 1.165) is 11.3 Å². The van der Waals surface area contributed by atoms with E-state index < -0.39 is 12.0 Å². The highest BCUT2D eigenvalue weighted by atomic mass is 16.5. The molecule has 1 amide bonds. The molecule has 122 valence electrons. The van der Waals surface area contributed by atoms with Crippen LogP contribution in [0.25, 0.3) is 11.4 Å². The Kier molecular flexibility index (Phi) is 5.29. The van der Waals surface area contributed by atoms with Gasteiger partial charge >= 0.3 is 5.97 Å². The summed E-state index contributed by atoms with van der Waals surface area (Å²) in [7, 11) is 1.58. The minimum atomic E-state index is -1.09. The third-order valence-electron chi connectivity index (χ3n) is 3.13. The van der Waals surface area contributed by atoms with Gasteiger partial charge in [-0.15, -0.1) is 0 Å². The number of carbonyl (C=O) groups excluding carboxylic acids is 1. The molecule has 23 heavy (non-hydrogen) atoms. The smallest absolute Gasteiger partial charge is 0.325 e. The van der Waals surface area contributed by atoms with Gasteiger partial charge in [-0.1, -0.05) is 5.16 Å². The number of amides is 1. The summed E-state index contributed by atoms with van der Waals surface area (Å²) in [5.74, 6) is -0.0142. The standard InChI is InChI=1S/C15H17N3O5/c1-9(15(20)21)16-12(19)7-8-13-17-14(18-23-13)10-3-5-11(22-2)6-4-10/h3-6,9H,7-8H2,1-2H3,(H,16,19)(H,20,21)/t9-/m1/s1. The van der Waals surface area contributed by atoms with Crippen LogP contribution in [-0.2, 0) is 16.0 Å². The fraction of sp³-hybridized carbons (Fsp3) is 0.333. The normalized spacial score (nSPS) is 11.7. The highest BCUT2D eigenvalue weighted by Crippen LogP contribution is 2.19. The summed E-state index contributed by atoms with van der Waals surface area (Å²) in [4.78, 5) is 26.5. The molecule has 8 nitrogen and oxygen atoms in total. The molecule has 0 aliphatic carbocycles. The SMILES string of the molecule is COc1ccc(-c2noc(CCC(=O)N[C@H](C)C(=O)O)n2)cc1. The third-order valence-corrected chi connectivity index (χ3v) is 3.13. The summed E-state index contributed by atoms with van der Waals surface area (Å²) in [5, 5.41) is 14.9. The van der Waals surface area contributed by atoms with Crippen molar-refractivity contribution in [2.75, 3.05) is 7.11 Å². The fourth-order valence-electron chi connectivity index (χ4n) is 1.81. The maximum Gasteiger partial charge on any atom is 0.325 e. The first kappa shape index (κ1) is 16.5. The number of benzene rings is 1. The molecule has 8 heteroatoms. The van der Waals surface area contributed by atoms with Crippen molar-refractivity contribution in [3.05, 3.63) is 30.2 Å². The van der Waals surface area contributed by atoms with E-state index in [1.54, 1.807) is 31.4 Å². The van der Waals surface area contributed by atoms with Crippen molar-refractivity contribution < 1.29 is 24.0 Å². The average molecular weight is 319 g/mol. The van der Waals surface area contributed by atoms with Gasteiger partial charge in [-0.2, -0.15) is 4.98 Å². The summed E-state index contributed by atoms with van der Waals surface area (Å²) < 4.78 is 10.2. The van der Waals surface area contributed by atoms with Crippen LogP contribution in [-0.4, -0.2) is 40.3 Å². The summed E-state index contributed by atoms with van der Waals surface area (Å²) in [6.07, 6.45) is 0.309. The zero-order chi connectivity index (χ0) is 16.8. The van der Waals surface area contributed by atoms with E-state index in [1.165, 1.54) is 6.92 Å². The number of nitrogens with zero attached hydrogens (tertiary/aromatic N) is 2. The molecular weight excluding hydrogens is 302 g/mol. The van der Waals surface area contributed by atoms with Gasteiger partial charge in [0.1, 0.15) is 11.8 Å². The lowest BCUT2D eigenvalue weighted by molar-refractivity contribution is -0.141. The fourth-order valence-corrected chi connectivity index (χ4v) is 1.81. The van der Waals surface area contributed by atoms with Gasteiger partial charge in [-0.25, -0.2) is 0 Å². The van der Waals surface area contributed by atoms with Crippen LogP contribution in [0.15, 0.2) is 28.8 Å². The molecule has 0 unspecified atom stereocenters. The number of nitrogens with one attached hydrogen (secondary N) is 1. The quantitative estimate of drug-likeness (QED) is 0.789. The number of aliphatic carboxylic acids is 1. The molecule has 2 N–H and O–H groups in total. The predicted molar refractivity (Wildman–Crippen MR) is 79.8 cm³/mol. The van der Waals surface area contributed by atoms with Crippen molar-refractivity contribution >= 4 is 11.9 Å². The van der Waals surface area contributed by atoms with Gasteiger partial charge in [0.2, 0.25) is 17.6 Å². The second kappa shape index (κ2) is 7.39. The Morgan fingerprint density at radius 1 is 1.35 bits per heavy atom. The Balaban J connectivity index is 1.91. The first-order chi connectivity index (χ1) is 11.0. The Bertz CT molecular complexity index is 681. The first-order valence-electron chi connectivity index (χ1n) is 6.98. The molecule has 0 bridgehead atoms. The lowest BCUT2D eigenvalue weighted by atomic mass is 10.2. The van der Waals surface area contributed by atoms with Crippen LogP contribution in [0.1, 0.15) is 19.2 Å². The number of hydrogen-bond acceptors (Lipinski definition) is 6. The van der Waals surface area contributed by atoms with Gasteiger partial charge in [-0.05, 0) is 31.2 Å². The van der Waals surface area contributed by atoms with Crippen LogP contribution in [0.2, 0.25) is 0 Å². The van der Waals surface area contributed by atoms with Gasteiger partial charge < -0.3 is 19.7 Å². The molecule has 1 atom stereocenters. The molecule has 1 heterocycles. The highest BCUT2D eigenvalue weighted by Gasteiger charge is 2.15. The van der Waals surface area contributed by atoms with Crippen molar-refractivity contribution in [1.82, 2.24) is 15.5 Å². The molecular formula is C15H17N3O5. The number of aryl methyl sites for hydroxylation is 1. The number of carboxylic acid groups (broad SMARTS) is 1. The maximum absolute atomic E-state index is 11.6. The van der Waals surface area contributed by atoms with Gasteiger partial charge in [0.05, 0.1) is 7.11 Å².